The van der Waals surface area contributed by atoms with Gasteiger partial charge in [-0.25, -0.2) is 9.78 Å². The summed E-state index contributed by atoms with van der Waals surface area (Å²) in [6.45, 7) is 3.78. The second kappa shape index (κ2) is 7.09. The van der Waals surface area contributed by atoms with Crippen LogP contribution in [0, 0.1) is 0 Å². The van der Waals surface area contributed by atoms with Gasteiger partial charge in [-0.1, -0.05) is 11.6 Å². The Balaban J connectivity index is 1.49. The number of urea groups is 1. The summed E-state index contributed by atoms with van der Waals surface area (Å²) in [6.07, 6.45) is 1.62. The molecule has 1 N–H and O–H groups in total. The van der Waals surface area contributed by atoms with Gasteiger partial charge in [-0.05, 0) is 38.1 Å². The predicted octanol–water partition coefficient (Wildman–Crippen LogP) is 3.56. The maximum absolute atomic E-state index is 12.1. The largest absolute Gasteiger partial charge is 0.444 e. The molecule has 8 heteroatoms. The number of aromatic nitrogens is 1. The van der Waals surface area contributed by atoms with Crippen molar-refractivity contribution in [3.8, 4) is 11.5 Å². The van der Waals surface area contributed by atoms with E-state index >= 15 is 0 Å². The molecule has 0 aliphatic carbocycles. The highest BCUT2D eigenvalue weighted by molar-refractivity contribution is 7.98. The first-order valence-corrected chi connectivity index (χ1v) is 9.32. The number of amides is 3. The van der Waals surface area contributed by atoms with E-state index in [1.54, 1.807) is 44.0 Å². The molecular weight excluding hydrogens is 362 g/mol. The number of benzene rings is 1. The fourth-order valence-electron chi connectivity index (χ4n) is 2.45. The van der Waals surface area contributed by atoms with E-state index < -0.39 is 5.54 Å². The molecule has 0 radical (unpaired) electrons. The standard InChI is InChI=1S/C17H18ClN3O3S/c1-17(2)15(22)21(16(23)20-17)7-8-25-10-13-9-24-14(19-13)11-3-5-12(18)6-4-11/h3-6,9H,7-8,10H2,1-2H3,(H,20,23). The van der Waals surface area contributed by atoms with Gasteiger partial charge in [0.2, 0.25) is 5.89 Å². The third-order valence-corrected chi connectivity index (χ3v) is 5.02. The Labute approximate surface area is 154 Å². The van der Waals surface area contributed by atoms with Gasteiger partial charge in [-0.3, -0.25) is 9.69 Å². The van der Waals surface area contributed by atoms with Crippen molar-refractivity contribution in [1.82, 2.24) is 15.2 Å². The van der Waals surface area contributed by atoms with Crippen LogP contribution in [0.3, 0.4) is 0 Å². The fraction of sp³-hybridized carbons (Fsp3) is 0.353. The molecule has 0 bridgehead atoms. The number of rotatable bonds is 6. The lowest BCUT2D eigenvalue weighted by atomic mass is 10.1. The zero-order chi connectivity index (χ0) is 18.0. The fourth-order valence-corrected chi connectivity index (χ4v) is 3.38. The average Bonchev–Trinajstić information content (AvgIpc) is 3.10. The zero-order valence-electron chi connectivity index (χ0n) is 13.9. The van der Waals surface area contributed by atoms with Crippen LogP contribution in [0.15, 0.2) is 34.9 Å². The lowest BCUT2D eigenvalue weighted by Crippen LogP contribution is -2.40. The van der Waals surface area contributed by atoms with Crippen molar-refractivity contribution in [2.24, 2.45) is 0 Å². The molecule has 1 aliphatic rings. The van der Waals surface area contributed by atoms with E-state index in [1.807, 2.05) is 12.1 Å². The first-order valence-electron chi connectivity index (χ1n) is 7.79. The molecule has 0 unspecified atom stereocenters. The monoisotopic (exact) mass is 379 g/mol. The molecule has 3 rings (SSSR count). The molecule has 1 saturated heterocycles. The van der Waals surface area contributed by atoms with Gasteiger partial charge in [-0.2, -0.15) is 11.8 Å². The molecule has 2 aromatic rings. The van der Waals surface area contributed by atoms with E-state index in [0.29, 0.717) is 29.0 Å². The van der Waals surface area contributed by atoms with Crippen LogP contribution in [0.1, 0.15) is 19.5 Å². The third-order valence-electron chi connectivity index (χ3n) is 3.80. The second-order valence-electron chi connectivity index (χ2n) is 6.22. The second-order valence-corrected chi connectivity index (χ2v) is 7.76. The number of nitrogens with zero attached hydrogens (tertiary/aromatic N) is 2. The SMILES string of the molecule is CC1(C)NC(=O)N(CCSCc2coc(-c3ccc(Cl)cc3)n2)C1=O. The molecule has 0 saturated carbocycles. The van der Waals surface area contributed by atoms with E-state index in [-0.39, 0.29) is 11.9 Å². The van der Waals surface area contributed by atoms with Crippen molar-refractivity contribution >= 4 is 35.3 Å². The van der Waals surface area contributed by atoms with Crippen LogP contribution in [0.2, 0.25) is 5.02 Å². The molecule has 1 aromatic carbocycles. The molecule has 132 valence electrons. The molecule has 6 nitrogen and oxygen atoms in total. The summed E-state index contributed by atoms with van der Waals surface area (Å²) >= 11 is 7.46. The zero-order valence-corrected chi connectivity index (χ0v) is 15.5. The lowest BCUT2D eigenvalue weighted by Gasteiger charge is -2.15. The Bertz CT molecular complexity index is 789. The molecule has 0 spiro atoms. The molecule has 2 heterocycles. The molecule has 3 amide bonds. The van der Waals surface area contributed by atoms with Crippen LogP contribution in [0.25, 0.3) is 11.5 Å². The summed E-state index contributed by atoms with van der Waals surface area (Å²) in [6, 6.07) is 6.95. The number of nitrogens with one attached hydrogen (secondary N) is 1. The van der Waals surface area contributed by atoms with Gasteiger partial charge in [-0.15, -0.1) is 0 Å². The lowest BCUT2D eigenvalue weighted by molar-refractivity contribution is -0.130. The van der Waals surface area contributed by atoms with Gasteiger partial charge in [0.05, 0.1) is 5.69 Å². The summed E-state index contributed by atoms with van der Waals surface area (Å²) in [5, 5.41) is 3.33. The number of hydrogen-bond acceptors (Lipinski definition) is 5. The average molecular weight is 380 g/mol. The van der Waals surface area contributed by atoms with Gasteiger partial charge in [0.25, 0.3) is 5.91 Å². The quantitative estimate of drug-likeness (QED) is 0.613. The molecule has 1 aliphatic heterocycles. The van der Waals surface area contributed by atoms with Crippen molar-refractivity contribution in [1.29, 1.82) is 0 Å². The van der Waals surface area contributed by atoms with Crippen LogP contribution >= 0.6 is 23.4 Å². The summed E-state index contributed by atoms with van der Waals surface area (Å²) in [4.78, 5) is 29.6. The number of hydrogen-bond donors (Lipinski definition) is 1. The Morgan fingerprint density at radius 1 is 1.28 bits per heavy atom. The number of carbonyl (C=O) groups excluding carboxylic acids is 2. The molecule has 1 fully saturated rings. The molecule has 1 aromatic heterocycles. The number of halogens is 1. The normalized spacial score (nSPS) is 16.4. The maximum atomic E-state index is 12.1. The Morgan fingerprint density at radius 3 is 2.64 bits per heavy atom. The van der Waals surface area contributed by atoms with Crippen LogP contribution in [-0.4, -0.2) is 39.7 Å². The number of carbonyl (C=O) groups is 2. The van der Waals surface area contributed by atoms with Crippen LogP contribution in [0.4, 0.5) is 4.79 Å². The van der Waals surface area contributed by atoms with Gasteiger partial charge < -0.3 is 9.73 Å². The van der Waals surface area contributed by atoms with Gasteiger partial charge >= 0.3 is 6.03 Å². The minimum atomic E-state index is -0.818. The highest BCUT2D eigenvalue weighted by atomic mass is 35.5. The third kappa shape index (κ3) is 3.99. The van der Waals surface area contributed by atoms with Crippen molar-refractivity contribution in [3.63, 3.8) is 0 Å². The predicted molar refractivity (Wildman–Crippen MR) is 97.4 cm³/mol. The van der Waals surface area contributed by atoms with E-state index in [1.165, 1.54) is 4.90 Å². The smallest absolute Gasteiger partial charge is 0.325 e. The van der Waals surface area contributed by atoms with Crippen molar-refractivity contribution in [2.75, 3.05) is 12.3 Å². The summed E-state index contributed by atoms with van der Waals surface area (Å²) in [5.74, 6) is 1.63. The number of thioether (sulfide) groups is 1. The van der Waals surface area contributed by atoms with E-state index in [2.05, 4.69) is 10.3 Å². The van der Waals surface area contributed by atoms with Crippen LogP contribution < -0.4 is 5.32 Å². The Kier molecular flexibility index (Phi) is 5.06. The minimum absolute atomic E-state index is 0.190. The van der Waals surface area contributed by atoms with Crippen molar-refractivity contribution < 1.29 is 14.0 Å². The van der Waals surface area contributed by atoms with E-state index in [4.69, 9.17) is 16.0 Å². The number of oxazole rings is 1. The number of imide groups is 1. The highest BCUT2D eigenvalue weighted by Crippen LogP contribution is 2.23. The van der Waals surface area contributed by atoms with Crippen molar-refractivity contribution in [3.05, 3.63) is 41.2 Å². The minimum Gasteiger partial charge on any atom is -0.444 e. The molecule has 25 heavy (non-hydrogen) atoms. The summed E-state index contributed by atoms with van der Waals surface area (Å²) in [5.41, 5.74) is 0.858. The van der Waals surface area contributed by atoms with E-state index in [0.717, 1.165) is 11.3 Å². The van der Waals surface area contributed by atoms with Crippen molar-refractivity contribution in [2.45, 2.75) is 25.1 Å². The van der Waals surface area contributed by atoms with Gasteiger partial charge in [0, 0.05) is 28.6 Å². The highest BCUT2D eigenvalue weighted by Gasteiger charge is 2.43. The topological polar surface area (TPSA) is 75.4 Å². The maximum Gasteiger partial charge on any atom is 0.325 e. The molecular formula is C17H18ClN3O3S. The Hall–Kier alpha value is -1.99. The van der Waals surface area contributed by atoms with Crippen LogP contribution in [0.5, 0.6) is 0 Å². The van der Waals surface area contributed by atoms with Crippen LogP contribution in [-0.2, 0) is 10.5 Å². The Morgan fingerprint density at radius 2 is 2.00 bits per heavy atom. The summed E-state index contributed by atoms with van der Waals surface area (Å²) in [7, 11) is 0. The van der Waals surface area contributed by atoms with Gasteiger partial charge in [0.15, 0.2) is 0 Å². The summed E-state index contributed by atoms with van der Waals surface area (Å²) < 4.78 is 5.49. The van der Waals surface area contributed by atoms with Gasteiger partial charge in [0.1, 0.15) is 11.8 Å². The first-order chi connectivity index (χ1) is 11.9. The first kappa shape index (κ1) is 17.8. The van der Waals surface area contributed by atoms with E-state index in [9.17, 15) is 9.59 Å². The molecule has 0 atom stereocenters.